The molecule has 0 heterocycles. The summed E-state index contributed by atoms with van der Waals surface area (Å²) in [5.74, 6) is -5.07. The van der Waals surface area contributed by atoms with Crippen molar-refractivity contribution in [2.24, 2.45) is 0 Å². The molecule has 0 N–H and O–H groups in total. The molecular weight excluding hydrogens is 193 g/mol. The van der Waals surface area contributed by atoms with Crippen LogP contribution in [0.5, 0.6) is 0 Å². The first-order chi connectivity index (χ1) is 6.57. The van der Waals surface area contributed by atoms with Crippen LogP contribution in [0.2, 0.25) is 0 Å². The lowest BCUT2D eigenvalue weighted by atomic mass is 10.1. The van der Waals surface area contributed by atoms with Gasteiger partial charge in [0.15, 0.2) is 23.2 Å². The molecule has 0 unspecified atom stereocenters. The van der Waals surface area contributed by atoms with E-state index >= 15 is 0 Å². The second-order valence-corrected chi connectivity index (χ2v) is 2.59. The van der Waals surface area contributed by atoms with Gasteiger partial charge >= 0.3 is 0 Å². The molecule has 1 aromatic carbocycles. The summed E-state index contributed by atoms with van der Waals surface area (Å²) in [6, 6.07) is 1.63. The van der Waals surface area contributed by atoms with Crippen molar-refractivity contribution >= 4 is 5.78 Å². The number of hydrogen-bond acceptors (Lipinski definition) is 1. The number of halogens is 3. The molecule has 0 aliphatic heterocycles. The van der Waals surface area contributed by atoms with Gasteiger partial charge in [-0.2, -0.15) is 0 Å². The lowest BCUT2D eigenvalue weighted by Crippen LogP contribution is -2.02. The number of allylic oxidation sites excluding steroid dienone is 2. The fourth-order valence-electron chi connectivity index (χ4n) is 0.957. The summed E-state index contributed by atoms with van der Waals surface area (Å²) in [5, 5.41) is 0. The number of carbonyl (C=O) groups excluding carboxylic acids is 1. The number of benzene rings is 1. The molecule has 0 aromatic heterocycles. The van der Waals surface area contributed by atoms with Gasteiger partial charge in [-0.15, -0.1) is 0 Å². The summed E-state index contributed by atoms with van der Waals surface area (Å²) in [5.41, 5.74) is -0.470. The Balaban J connectivity index is 3.24. The van der Waals surface area contributed by atoms with Crippen LogP contribution in [-0.4, -0.2) is 5.78 Å². The summed E-state index contributed by atoms with van der Waals surface area (Å²) < 4.78 is 38.1. The molecule has 0 atom stereocenters. The second-order valence-electron chi connectivity index (χ2n) is 2.59. The first kappa shape index (κ1) is 10.5. The Morgan fingerprint density at radius 2 is 1.86 bits per heavy atom. The van der Waals surface area contributed by atoms with Crippen molar-refractivity contribution in [3.63, 3.8) is 0 Å². The molecule has 0 saturated heterocycles. The quantitative estimate of drug-likeness (QED) is 0.407. The van der Waals surface area contributed by atoms with Crippen LogP contribution >= 0.6 is 0 Å². The topological polar surface area (TPSA) is 17.1 Å². The summed E-state index contributed by atoms with van der Waals surface area (Å²) in [6.45, 7) is 1.57. The van der Waals surface area contributed by atoms with Crippen LogP contribution in [0.15, 0.2) is 24.3 Å². The average Bonchev–Trinajstić information content (AvgIpc) is 2.15. The maximum Gasteiger partial charge on any atom is 0.195 e. The summed E-state index contributed by atoms with van der Waals surface area (Å²) in [6.07, 6.45) is 2.47. The van der Waals surface area contributed by atoms with Gasteiger partial charge < -0.3 is 0 Å². The van der Waals surface area contributed by atoms with E-state index in [1.54, 1.807) is 6.92 Å². The molecule has 1 nitrogen and oxygen atoms in total. The Bertz CT molecular complexity index is 397. The number of rotatable bonds is 2. The highest BCUT2D eigenvalue weighted by Crippen LogP contribution is 2.15. The molecule has 0 saturated carbocycles. The molecule has 0 aliphatic rings. The van der Waals surface area contributed by atoms with Crippen LogP contribution in [0.4, 0.5) is 13.2 Å². The van der Waals surface area contributed by atoms with Gasteiger partial charge in [-0.25, -0.2) is 13.2 Å². The molecule has 1 aromatic rings. The fraction of sp³-hybridized carbons (Fsp3) is 0.100. The molecule has 1 rings (SSSR count). The van der Waals surface area contributed by atoms with Crippen molar-refractivity contribution in [1.29, 1.82) is 0 Å². The largest absolute Gasteiger partial charge is 0.289 e. The summed E-state index contributed by atoms with van der Waals surface area (Å²) in [7, 11) is 0. The van der Waals surface area contributed by atoms with Crippen LogP contribution in [-0.2, 0) is 0 Å². The molecule has 0 aliphatic carbocycles. The Morgan fingerprint density at radius 3 is 2.43 bits per heavy atom. The van der Waals surface area contributed by atoms with E-state index in [1.165, 1.54) is 6.08 Å². The third kappa shape index (κ3) is 1.84. The predicted octanol–water partition coefficient (Wildman–Crippen LogP) is 2.86. The van der Waals surface area contributed by atoms with Crippen LogP contribution in [0.1, 0.15) is 17.3 Å². The van der Waals surface area contributed by atoms with Crippen LogP contribution in [0, 0.1) is 17.5 Å². The molecule has 0 bridgehead atoms. The maximum atomic E-state index is 13.0. The van der Waals surface area contributed by atoms with Gasteiger partial charge in [-0.1, -0.05) is 6.08 Å². The minimum atomic E-state index is -1.62. The Labute approximate surface area is 78.9 Å². The van der Waals surface area contributed by atoms with E-state index in [9.17, 15) is 18.0 Å². The second kappa shape index (κ2) is 4.09. The van der Waals surface area contributed by atoms with Crippen LogP contribution < -0.4 is 0 Å². The van der Waals surface area contributed by atoms with Gasteiger partial charge in [-0.05, 0) is 25.1 Å². The van der Waals surface area contributed by atoms with Crippen LogP contribution in [0.25, 0.3) is 0 Å². The zero-order valence-corrected chi connectivity index (χ0v) is 7.35. The monoisotopic (exact) mass is 200 g/mol. The molecular formula is C10H7F3O. The number of ketones is 1. The Hall–Kier alpha value is -1.58. The first-order valence-electron chi connectivity index (χ1n) is 3.88. The van der Waals surface area contributed by atoms with Crippen molar-refractivity contribution in [3.8, 4) is 0 Å². The highest BCUT2D eigenvalue weighted by atomic mass is 19.2. The van der Waals surface area contributed by atoms with E-state index in [2.05, 4.69) is 0 Å². The Morgan fingerprint density at radius 1 is 1.21 bits per heavy atom. The molecule has 0 fully saturated rings. The normalized spacial score (nSPS) is 10.9. The molecule has 14 heavy (non-hydrogen) atoms. The van der Waals surface area contributed by atoms with Crippen LogP contribution in [0.3, 0.4) is 0 Å². The van der Waals surface area contributed by atoms with Gasteiger partial charge in [0.2, 0.25) is 0 Å². The van der Waals surface area contributed by atoms with Gasteiger partial charge in [0.05, 0.1) is 5.56 Å². The third-order valence-electron chi connectivity index (χ3n) is 1.62. The minimum Gasteiger partial charge on any atom is -0.289 e. The molecule has 4 heteroatoms. The van der Waals surface area contributed by atoms with E-state index in [0.717, 1.165) is 18.2 Å². The van der Waals surface area contributed by atoms with E-state index in [0.29, 0.717) is 0 Å². The van der Waals surface area contributed by atoms with Crippen molar-refractivity contribution < 1.29 is 18.0 Å². The zero-order valence-electron chi connectivity index (χ0n) is 7.35. The smallest absolute Gasteiger partial charge is 0.195 e. The highest BCUT2D eigenvalue weighted by molar-refractivity contribution is 6.04. The standard InChI is InChI=1S/C10H7F3O/c1-2-3-8(14)6-4-5-7(11)10(13)9(6)12/h2-5H,1H3/b3-2+. The van der Waals surface area contributed by atoms with E-state index in [4.69, 9.17) is 0 Å². The fourth-order valence-corrected chi connectivity index (χ4v) is 0.957. The molecule has 74 valence electrons. The van der Waals surface area contributed by atoms with E-state index in [1.807, 2.05) is 0 Å². The van der Waals surface area contributed by atoms with E-state index < -0.39 is 28.8 Å². The maximum absolute atomic E-state index is 13.0. The van der Waals surface area contributed by atoms with Crippen molar-refractivity contribution in [1.82, 2.24) is 0 Å². The third-order valence-corrected chi connectivity index (χ3v) is 1.62. The van der Waals surface area contributed by atoms with Gasteiger partial charge in [-0.3, -0.25) is 4.79 Å². The summed E-state index contributed by atoms with van der Waals surface area (Å²) >= 11 is 0. The molecule has 0 radical (unpaired) electrons. The number of carbonyl (C=O) groups is 1. The SMILES string of the molecule is C/C=C/C(=O)c1ccc(F)c(F)c1F. The van der Waals surface area contributed by atoms with Crippen molar-refractivity contribution in [3.05, 3.63) is 47.3 Å². The Kier molecular flexibility index (Phi) is 3.06. The lowest BCUT2D eigenvalue weighted by molar-refractivity contribution is 0.104. The highest BCUT2D eigenvalue weighted by Gasteiger charge is 2.16. The molecule has 0 spiro atoms. The average molecular weight is 200 g/mol. The summed E-state index contributed by atoms with van der Waals surface area (Å²) in [4.78, 5) is 11.1. The van der Waals surface area contributed by atoms with E-state index in [-0.39, 0.29) is 0 Å². The number of hydrogen-bond donors (Lipinski definition) is 0. The minimum absolute atomic E-state index is 0.470. The van der Waals surface area contributed by atoms with Gasteiger partial charge in [0.25, 0.3) is 0 Å². The molecule has 0 amide bonds. The van der Waals surface area contributed by atoms with Gasteiger partial charge in [0.1, 0.15) is 0 Å². The van der Waals surface area contributed by atoms with Gasteiger partial charge in [0, 0.05) is 0 Å². The van der Waals surface area contributed by atoms with Crippen molar-refractivity contribution in [2.75, 3.05) is 0 Å². The lowest BCUT2D eigenvalue weighted by Gasteiger charge is -2.00. The van der Waals surface area contributed by atoms with Crippen molar-refractivity contribution in [2.45, 2.75) is 6.92 Å². The predicted molar refractivity (Wildman–Crippen MR) is 45.5 cm³/mol. The first-order valence-corrected chi connectivity index (χ1v) is 3.88. The zero-order chi connectivity index (χ0) is 10.7.